The molecular formula is C15H29NO2. The summed E-state index contributed by atoms with van der Waals surface area (Å²) in [7, 11) is 0. The van der Waals surface area contributed by atoms with Gasteiger partial charge in [-0.1, -0.05) is 26.2 Å². The fourth-order valence-electron chi connectivity index (χ4n) is 3.63. The van der Waals surface area contributed by atoms with Crippen molar-refractivity contribution in [3.05, 3.63) is 0 Å². The van der Waals surface area contributed by atoms with E-state index in [0.717, 1.165) is 26.0 Å². The van der Waals surface area contributed by atoms with E-state index >= 15 is 0 Å². The van der Waals surface area contributed by atoms with Crippen LogP contribution in [0, 0.1) is 5.92 Å². The number of hydrogen-bond acceptors (Lipinski definition) is 3. The predicted molar refractivity (Wildman–Crippen MR) is 73.7 cm³/mol. The van der Waals surface area contributed by atoms with Crippen LogP contribution in [0.2, 0.25) is 0 Å². The first-order valence-electron chi connectivity index (χ1n) is 7.65. The number of rotatable bonds is 4. The smallest absolute Gasteiger partial charge is 0.0773 e. The van der Waals surface area contributed by atoms with Crippen molar-refractivity contribution in [1.82, 2.24) is 5.32 Å². The second kappa shape index (κ2) is 5.89. The summed E-state index contributed by atoms with van der Waals surface area (Å²) in [4.78, 5) is 0. The Labute approximate surface area is 111 Å². The Morgan fingerprint density at radius 1 is 1.33 bits per heavy atom. The third-order valence-corrected chi connectivity index (χ3v) is 4.87. The van der Waals surface area contributed by atoms with Crippen LogP contribution in [0.5, 0.6) is 0 Å². The van der Waals surface area contributed by atoms with Gasteiger partial charge in [0.2, 0.25) is 0 Å². The summed E-state index contributed by atoms with van der Waals surface area (Å²) >= 11 is 0. The molecule has 2 N–H and O–H groups in total. The van der Waals surface area contributed by atoms with Crippen LogP contribution in [0.3, 0.4) is 0 Å². The van der Waals surface area contributed by atoms with Gasteiger partial charge in [-0.3, -0.25) is 0 Å². The van der Waals surface area contributed by atoms with Crippen molar-refractivity contribution in [3.63, 3.8) is 0 Å². The van der Waals surface area contributed by atoms with Gasteiger partial charge in [0.15, 0.2) is 0 Å². The summed E-state index contributed by atoms with van der Waals surface area (Å²) in [5, 5.41) is 14.0. The maximum absolute atomic E-state index is 10.7. The lowest BCUT2D eigenvalue weighted by atomic mass is 9.71. The van der Waals surface area contributed by atoms with Gasteiger partial charge >= 0.3 is 0 Å². The Morgan fingerprint density at radius 3 is 2.72 bits per heavy atom. The first-order valence-corrected chi connectivity index (χ1v) is 7.65. The minimum absolute atomic E-state index is 0.0946. The Hall–Kier alpha value is -0.120. The first-order chi connectivity index (χ1) is 8.58. The molecule has 0 amide bonds. The second-order valence-corrected chi connectivity index (χ2v) is 6.42. The summed E-state index contributed by atoms with van der Waals surface area (Å²) in [6, 6.07) is 0. The molecule has 0 bridgehead atoms. The minimum atomic E-state index is -0.593. The summed E-state index contributed by atoms with van der Waals surface area (Å²) in [6.07, 6.45) is 8.38. The Morgan fingerprint density at radius 2 is 2.06 bits per heavy atom. The number of nitrogens with one attached hydrogen (secondary N) is 1. The molecule has 3 heteroatoms. The van der Waals surface area contributed by atoms with Crippen LogP contribution < -0.4 is 5.32 Å². The summed E-state index contributed by atoms with van der Waals surface area (Å²) in [5.74, 6) is 0.378. The third-order valence-electron chi connectivity index (χ3n) is 4.87. The summed E-state index contributed by atoms with van der Waals surface area (Å²) in [5.41, 5.74) is -0.498. The van der Waals surface area contributed by atoms with E-state index < -0.39 is 5.60 Å². The zero-order valence-electron chi connectivity index (χ0n) is 12.0. The normalized spacial score (nSPS) is 31.2. The quantitative estimate of drug-likeness (QED) is 0.811. The molecule has 0 aromatic carbocycles. The topological polar surface area (TPSA) is 41.5 Å². The van der Waals surface area contributed by atoms with Crippen molar-refractivity contribution in [2.75, 3.05) is 19.7 Å². The highest BCUT2D eigenvalue weighted by atomic mass is 16.5. The van der Waals surface area contributed by atoms with Gasteiger partial charge in [0.05, 0.1) is 11.2 Å². The molecule has 106 valence electrons. The van der Waals surface area contributed by atoms with E-state index in [-0.39, 0.29) is 5.60 Å². The van der Waals surface area contributed by atoms with Gasteiger partial charge in [0.25, 0.3) is 0 Å². The van der Waals surface area contributed by atoms with Gasteiger partial charge in [0.1, 0.15) is 0 Å². The van der Waals surface area contributed by atoms with Crippen LogP contribution in [0.4, 0.5) is 0 Å². The molecule has 2 fully saturated rings. The predicted octanol–water partition coefficient (Wildman–Crippen LogP) is 2.48. The van der Waals surface area contributed by atoms with Gasteiger partial charge in [-0.2, -0.15) is 0 Å². The van der Waals surface area contributed by atoms with Gasteiger partial charge in [-0.25, -0.2) is 0 Å². The number of hydrogen-bond donors (Lipinski definition) is 2. The molecular weight excluding hydrogens is 226 g/mol. The molecule has 0 aromatic heterocycles. The van der Waals surface area contributed by atoms with E-state index in [1.54, 1.807) is 0 Å². The van der Waals surface area contributed by atoms with Crippen LogP contribution in [-0.4, -0.2) is 36.0 Å². The third kappa shape index (κ3) is 3.25. The molecule has 2 unspecified atom stereocenters. The molecule has 1 saturated carbocycles. The standard InChI is InChI=1S/C15H29NO2/c1-3-16-12-14(2,17)13-7-10-18-15(11-13)8-5-4-6-9-15/h13,16-17H,3-12H2,1-2H3. The van der Waals surface area contributed by atoms with Gasteiger partial charge in [-0.15, -0.1) is 0 Å². The van der Waals surface area contributed by atoms with Crippen LogP contribution >= 0.6 is 0 Å². The SMILES string of the molecule is CCNCC(C)(O)C1CCOC2(CCCCC2)C1. The summed E-state index contributed by atoms with van der Waals surface area (Å²) < 4.78 is 6.10. The number of likely N-dealkylation sites (N-methyl/N-ethyl adjacent to an activating group) is 1. The fourth-order valence-corrected chi connectivity index (χ4v) is 3.63. The minimum Gasteiger partial charge on any atom is -0.389 e. The lowest BCUT2D eigenvalue weighted by Gasteiger charge is -2.47. The fraction of sp³-hybridized carbons (Fsp3) is 1.00. The van der Waals surface area contributed by atoms with E-state index in [2.05, 4.69) is 12.2 Å². The van der Waals surface area contributed by atoms with Crippen LogP contribution in [0.15, 0.2) is 0 Å². The second-order valence-electron chi connectivity index (χ2n) is 6.42. The molecule has 0 radical (unpaired) electrons. The van der Waals surface area contributed by atoms with Gasteiger partial charge in [-0.05, 0) is 45.1 Å². The molecule has 1 aliphatic heterocycles. The molecule has 2 rings (SSSR count). The molecule has 1 spiro atoms. The monoisotopic (exact) mass is 255 g/mol. The van der Waals surface area contributed by atoms with Crippen molar-refractivity contribution >= 4 is 0 Å². The Kier molecular flexibility index (Phi) is 4.68. The number of ether oxygens (including phenoxy) is 1. The highest BCUT2D eigenvalue weighted by Gasteiger charge is 2.44. The van der Waals surface area contributed by atoms with Crippen molar-refractivity contribution in [2.45, 2.75) is 70.0 Å². The summed E-state index contributed by atoms with van der Waals surface area (Å²) in [6.45, 7) is 6.52. The maximum atomic E-state index is 10.7. The van der Waals surface area contributed by atoms with Gasteiger partial charge < -0.3 is 15.2 Å². The highest BCUT2D eigenvalue weighted by molar-refractivity contribution is 4.95. The zero-order valence-corrected chi connectivity index (χ0v) is 12.0. The van der Waals surface area contributed by atoms with E-state index in [1.807, 2.05) is 6.92 Å². The van der Waals surface area contributed by atoms with Crippen molar-refractivity contribution in [3.8, 4) is 0 Å². The van der Waals surface area contributed by atoms with E-state index in [0.29, 0.717) is 12.5 Å². The molecule has 1 saturated heterocycles. The van der Waals surface area contributed by atoms with E-state index in [9.17, 15) is 5.11 Å². The Balaban J connectivity index is 1.96. The number of aliphatic hydroxyl groups is 1. The zero-order chi connectivity index (χ0) is 13.1. The largest absolute Gasteiger partial charge is 0.389 e. The van der Waals surface area contributed by atoms with E-state index in [4.69, 9.17) is 4.74 Å². The average molecular weight is 255 g/mol. The highest BCUT2D eigenvalue weighted by Crippen LogP contribution is 2.43. The van der Waals surface area contributed by atoms with Crippen LogP contribution in [0.1, 0.15) is 58.8 Å². The maximum Gasteiger partial charge on any atom is 0.0773 e. The molecule has 2 atom stereocenters. The lowest BCUT2D eigenvalue weighted by molar-refractivity contribution is -0.151. The van der Waals surface area contributed by atoms with Crippen molar-refractivity contribution < 1.29 is 9.84 Å². The first kappa shape index (κ1) is 14.3. The van der Waals surface area contributed by atoms with Crippen LogP contribution in [0.25, 0.3) is 0 Å². The molecule has 18 heavy (non-hydrogen) atoms. The molecule has 1 aliphatic carbocycles. The lowest BCUT2D eigenvalue weighted by Crippen LogP contribution is -2.51. The molecule has 2 aliphatic rings. The van der Waals surface area contributed by atoms with Crippen molar-refractivity contribution in [2.24, 2.45) is 5.92 Å². The molecule has 3 nitrogen and oxygen atoms in total. The molecule has 1 heterocycles. The van der Waals surface area contributed by atoms with Crippen molar-refractivity contribution in [1.29, 1.82) is 0 Å². The van der Waals surface area contributed by atoms with Crippen LogP contribution in [-0.2, 0) is 4.74 Å². The van der Waals surface area contributed by atoms with Gasteiger partial charge in [0, 0.05) is 13.2 Å². The molecule has 0 aromatic rings. The van der Waals surface area contributed by atoms with E-state index in [1.165, 1.54) is 32.1 Å². The average Bonchev–Trinajstić information content (AvgIpc) is 2.37. The Bertz CT molecular complexity index is 254.